The molecule has 2 aliphatic heterocycles. The highest BCUT2D eigenvalue weighted by molar-refractivity contribution is 5.80. The van der Waals surface area contributed by atoms with Gasteiger partial charge in [-0.25, -0.2) is 0 Å². The van der Waals surface area contributed by atoms with Crippen LogP contribution in [0.4, 0.5) is 0 Å². The average Bonchev–Trinajstić information content (AvgIpc) is 2.76. The summed E-state index contributed by atoms with van der Waals surface area (Å²) in [5.74, 6) is -1.11. The molecule has 26 heavy (non-hydrogen) atoms. The van der Waals surface area contributed by atoms with Crippen LogP contribution < -0.4 is 5.32 Å². The van der Waals surface area contributed by atoms with E-state index in [4.69, 9.17) is 5.11 Å². The number of carboxylic acid groups (broad SMARTS) is 1. The first-order valence-corrected chi connectivity index (χ1v) is 9.49. The Morgan fingerprint density at radius 1 is 1.08 bits per heavy atom. The molecule has 8 heteroatoms. The lowest BCUT2D eigenvalue weighted by Crippen LogP contribution is -2.50. The minimum absolute atomic E-state index is 0.00139. The summed E-state index contributed by atoms with van der Waals surface area (Å²) in [4.78, 5) is 37.8. The molecule has 0 radical (unpaired) electrons. The quantitative estimate of drug-likeness (QED) is 0.617. The van der Waals surface area contributed by atoms with Crippen LogP contribution in [0.15, 0.2) is 0 Å². The fourth-order valence-corrected chi connectivity index (χ4v) is 3.90. The number of hydrogen-bond acceptors (Lipinski definition) is 5. The van der Waals surface area contributed by atoms with Crippen molar-refractivity contribution in [2.75, 3.05) is 32.7 Å². The summed E-state index contributed by atoms with van der Waals surface area (Å²) in [6.07, 6.45) is 3.51. The topological polar surface area (TPSA) is 110 Å². The minimum Gasteiger partial charge on any atom is -0.481 e. The summed E-state index contributed by atoms with van der Waals surface area (Å²) < 4.78 is 0. The lowest BCUT2D eigenvalue weighted by atomic mass is 9.93. The summed E-state index contributed by atoms with van der Waals surface area (Å²) in [6, 6.07) is 0.217. The molecule has 0 aliphatic carbocycles. The number of carboxylic acids is 1. The Hall–Kier alpha value is -1.67. The third-order valence-electron chi connectivity index (χ3n) is 5.34. The zero-order chi connectivity index (χ0) is 19.2. The Morgan fingerprint density at radius 3 is 2.38 bits per heavy atom. The number of aliphatic hydroxyl groups is 1. The normalized spacial score (nSPS) is 25.5. The molecule has 1 unspecified atom stereocenters. The molecule has 0 spiro atoms. The fourth-order valence-electron chi connectivity index (χ4n) is 3.90. The Morgan fingerprint density at radius 2 is 1.77 bits per heavy atom. The number of nitrogens with one attached hydrogen (secondary N) is 1. The van der Waals surface area contributed by atoms with Gasteiger partial charge < -0.3 is 25.3 Å². The SMILES string of the molecule is CC(=O)NC1CCN(CC2(O)CCCN(C(=O)CCC(=O)O)CC2)CC1. The number of likely N-dealkylation sites (tertiary alicyclic amines) is 2. The molecule has 1 atom stereocenters. The van der Waals surface area contributed by atoms with Crippen molar-refractivity contribution in [3.8, 4) is 0 Å². The zero-order valence-electron chi connectivity index (χ0n) is 15.6. The number of amides is 2. The van der Waals surface area contributed by atoms with Crippen LogP contribution in [0.2, 0.25) is 0 Å². The molecule has 0 bridgehead atoms. The Balaban J connectivity index is 1.79. The molecule has 2 saturated heterocycles. The molecule has 2 amide bonds. The average molecular weight is 369 g/mol. The van der Waals surface area contributed by atoms with Crippen molar-refractivity contribution >= 4 is 17.8 Å². The van der Waals surface area contributed by atoms with Crippen LogP contribution in [0.25, 0.3) is 0 Å². The maximum Gasteiger partial charge on any atom is 0.303 e. The van der Waals surface area contributed by atoms with Crippen LogP contribution in [-0.4, -0.2) is 82.2 Å². The van der Waals surface area contributed by atoms with Gasteiger partial charge in [0.2, 0.25) is 11.8 Å². The highest BCUT2D eigenvalue weighted by Gasteiger charge is 2.34. The van der Waals surface area contributed by atoms with E-state index in [1.54, 1.807) is 4.90 Å². The maximum absolute atomic E-state index is 12.1. The number of aliphatic carboxylic acids is 1. The molecule has 0 aromatic heterocycles. The van der Waals surface area contributed by atoms with Gasteiger partial charge >= 0.3 is 5.97 Å². The number of nitrogens with zero attached hydrogens (tertiary/aromatic N) is 2. The van der Waals surface area contributed by atoms with E-state index < -0.39 is 11.6 Å². The van der Waals surface area contributed by atoms with Crippen molar-refractivity contribution in [1.29, 1.82) is 0 Å². The van der Waals surface area contributed by atoms with E-state index in [1.807, 2.05) is 0 Å². The number of rotatable bonds is 6. The van der Waals surface area contributed by atoms with E-state index in [-0.39, 0.29) is 30.7 Å². The van der Waals surface area contributed by atoms with Crippen LogP contribution in [0.3, 0.4) is 0 Å². The third-order valence-corrected chi connectivity index (χ3v) is 5.34. The molecule has 2 rings (SSSR count). The summed E-state index contributed by atoms with van der Waals surface area (Å²) in [5.41, 5.74) is -0.817. The van der Waals surface area contributed by atoms with E-state index >= 15 is 0 Å². The van der Waals surface area contributed by atoms with Crippen LogP contribution in [0.1, 0.15) is 51.9 Å². The lowest BCUT2D eigenvalue weighted by Gasteiger charge is -2.38. The maximum atomic E-state index is 12.1. The fraction of sp³-hybridized carbons (Fsp3) is 0.833. The van der Waals surface area contributed by atoms with Crippen LogP contribution in [0.5, 0.6) is 0 Å². The van der Waals surface area contributed by atoms with Gasteiger partial charge in [-0.1, -0.05) is 0 Å². The molecule has 2 heterocycles. The predicted molar refractivity (Wildman–Crippen MR) is 95.5 cm³/mol. The molecule has 0 saturated carbocycles. The summed E-state index contributed by atoms with van der Waals surface area (Å²) in [5, 5.41) is 22.6. The molecule has 0 aromatic rings. The van der Waals surface area contributed by atoms with E-state index in [0.717, 1.165) is 32.4 Å². The number of carbonyl (C=O) groups excluding carboxylic acids is 2. The molecule has 2 aliphatic rings. The van der Waals surface area contributed by atoms with Gasteiger partial charge in [-0.2, -0.15) is 0 Å². The standard InChI is InChI=1S/C18H31N3O5/c1-14(22)19-15-5-10-20(11-6-15)13-18(26)7-2-9-21(12-8-18)16(23)3-4-17(24)25/h15,26H,2-13H2,1H3,(H,19,22)(H,24,25). The third kappa shape index (κ3) is 6.57. The van der Waals surface area contributed by atoms with Gasteiger partial charge in [-0.3, -0.25) is 14.4 Å². The van der Waals surface area contributed by atoms with Gasteiger partial charge in [0.05, 0.1) is 12.0 Å². The lowest BCUT2D eigenvalue weighted by molar-refractivity contribution is -0.141. The van der Waals surface area contributed by atoms with E-state index in [1.165, 1.54) is 6.92 Å². The second-order valence-electron chi connectivity index (χ2n) is 7.60. The van der Waals surface area contributed by atoms with Crippen molar-refractivity contribution in [3.63, 3.8) is 0 Å². The molecule has 8 nitrogen and oxygen atoms in total. The van der Waals surface area contributed by atoms with E-state index in [0.29, 0.717) is 32.5 Å². The van der Waals surface area contributed by atoms with E-state index in [9.17, 15) is 19.5 Å². The Bertz CT molecular complexity index is 519. The number of carbonyl (C=O) groups is 3. The summed E-state index contributed by atoms with van der Waals surface area (Å²) in [6.45, 7) is 4.84. The van der Waals surface area contributed by atoms with Crippen molar-refractivity contribution < 1.29 is 24.6 Å². The van der Waals surface area contributed by atoms with Gasteiger partial charge in [0.1, 0.15) is 0 Å². The highest BCUT2D eigenvalue weighted by atomic mass is 16.4. The molecule has 148 valence electrons. The smallest absolute Gasteiger partial charge is 0.303 e. The number of hydrogen-bond donors (Lipinski definition) is 3. The van der Waals surface area contributed by atoms with E-state index in [2.05, 4.69) is 10.2 Å². The monoisotopic (exact) mass is 369 g/mol. The number of piperidine rings is 1. The predicted octanol–water partition coefficient (Wildman–Crippen LogP) is 0.195. The first-order chi connectivity index (χ1) is 12.3. The molecule has 0 aromatic carbocycles. The largest absolute Gasteiger partial charge is 0.481 e. The van der Waals surface area contributed by atoms with Crippen molar-refractivity contribution in [2.45, 2.75) is 63.5 Å². The number of β-amino-alcohol motifs (C(OH)–C–C–N with tert-alkyl or cyclic N) is 1. The van der Waals surface area contributed by atoms with Crippen molar-refractivity contribution in [3.05, 3.63) is 0 Å². The van der Waals surface area contributed by atoms with Crippen molar-refractivity contribution in [2.24, 2.45) is 0 Å². The molecule has 3 N–H and O–H groups in total. The van der Waals surface area contributed by atoms with Crippen LogP contribution >= 0.6 is 0 Å². The van der Waals surface area contributed by atoms with Crippen LogP contribution in [-0.2, 0) is 14.4 Å². The van der Waals surface area contributed by atoms with Gasteiger partial charge in [0.15, 0.2) is 0 Å². The molecule has 2 fully saturated rings. The van der Waals surface area contributed by atoms with Gasteiger partial charge in [0.25, 0.3) is 0 Å². The second-order valence-corrected chi connectivity index (χ2v) is 7.60. The molecular formula is C18H31N3O5. The zero-order valence-corrected chi connectivity index (χ0v) is 15.6. The first kappa shape index (κ1) is 20.6. The summed E-state index contributed by atoms with van der Waals surface area (Å²) >= 11 is 0. The minimum atomic E-state index is -0.965. The van der Waals surface area contributed by atoms with Gasteiger partial charge in [-0.05, 0) is 32.1 Å². The van der Waals surface area contributed by atoms with Crippen LogP contribution in [0, 0.1) is 0 Å². The van der Waals surface area contributed by atoms with Crippen molar-refractivity contribution in [1.82, 2.24) is 15.1 Å². The van der Waals surface area contributed by atoms with Gasteiger partial charge in [0, 0.05) is 52.1 Å². The summed E-state index contributed by atoms with van der Waals surface area (Å²) in [7, 11) is 0. The second kappa shape index (κ2) is 9.32. The highest BCUT2D eigenvalue weighted by Crippen LogP contribution is 2.25. The Labute approximate surface area is 154 Å². The Kier molecular flexibility index (Phi) is 7.40. The molecular weight excluding hydrogens is 338 g/mol. The first-order valence-electron chi connectivity index (χ1n) is 9.49. The van der Waals surface area contributed by atoms with Gasteiger partial charge in [-0.15, -0.1) is 0 Å².